The van der Waals surface area contributed by atoms with Crippen LogP contribution in [0.25, 0.3) is 0 Å². The van der Waals surface area contributed by atoms with Crippen LogP contribution >= 0.6 is 12.2 Å². The van der Waals surface area contributed by atoms with Gasteiger partial charge in [-0.15, -0.1) is 0 Å². The minimum absolute atomic E-state index is 0.0522. The molecule has 1 aliphatic rings. The molecule has 1 atom stereocenters. The van der Waals surface area contributed by atoms with Crippen molar-refractivity contribution in [3.63, 3.8) is 0 Å². The Bertz CT molecular complexity index is 578. The van der Waals surface area contributed by atoms with Gasteiger partial charge >= 0.3 is 0 Å². The molecule has 0 amide bonds. The van der Waals surface area contributed by atoms with Gasteiger partial charge < -0.3 is 15.3 Å². The molecule has 21 heavy (non-hydrogen) atoms. The number of pyridine rings is 1. The molecule has 1 aliphatic heterocycles. The number of rotatable bonds is 4. The predicted molar refractivity (Wildman–Crippen MR) is 85.9 cm³/mol. The number of hydrogen-bond donors (Lipinski definition) is 2. The topological polar surface area (TPSA) is 48.4 Å². The van der Waals surface area contributed by atoms with E-state index in [1.165, 1.54) is 0 Å². The molecule has 1 saturated heterocycles. The number of nitrogens with zero attached hydrogens (tertiary/aromatic N) is 2. The summed E-state index contributed by atoms with van der Waals surface area (Å²) in [4.78, 5) is 6.31. The molecule has 0 aliphatic carbocycles. The quantitative estimate of drug-likeness (QED) is 0.838. The molecule has 1 fully saturated rings. The minimum atomic E-state index is -0.421. The molecule has 0 bridgehead atoms. The lowest BCUT2D eigenvalue weighted by molar-refractivity contribution is 0.194. The molecule has 0 spiro atoms. The van der Waals surface area contributed by atoms with Crippen molar-refractivity contribution in [3.05, 3.63) is 66.0 Å². The molecular formula is C16H17N3OS. The van der Waals surface area contributed by atoms with E-state index < -0.39 is 5.54 Å². The van der Waals surface area contributed by atoms with Crippen molar-refractivity contribution in [1.29, 1.82) is 0 Å². The van der Waals surface area contributed by atoms with E-state index in [9.17, 15) is 5.11 Å². The van der Waals surface area contributed by atoms with Gasteiger partial charge in [-0.25, -0.2) is 0 Å². The summed E-state index contributed by atoms with van der Waals surface area (Å²) in [6.45, 7) is 1.20. The van der Waals surface area contributed by atoms with Crippen LogP contribution in [0, 0.1) is 0 Å². The molecule has 1 unspecified atom stereocenters. The highest BCUT2D eigenvalue weighted by Crippen LogP contribution is 2.38. The third-order valence-corrected chi connectivity index (χ3v) is 4.28. The van der Waals surface area contributed by atoms with Crippen LogP contribution in [0.5, 0.6) is 0 Å². The Kier molecular flexibility index (Phi) is 3.86. The second-order valence-electron chi connectivity index (χ2n) is 5.00. The molecule has 3 rings (SSSR count). The van der Waals surface area contributed by atoms with Gasteiger partial charge in [0.05, 0.1) is 6.61 Å². The summed E-state index contributed by atoms with van der Waals surface area (Å²) in [5.41, 5.74) is 1.78. The number of nitrogens with one attached hydrogen (secondary N) is 1. The van der Waals surface area contributed by atoms with Crippen LogP contribution < -0.4 is 5.32 Å². The first-order valence-corrected chi connectivity index (χ1v) is 7.32. The summed E-state index contributed by atoms with van der Waals surface area (Å²) < 4.78 is 0. The Hall–Kier alpha value is -1.98. The van der Waals surface area contributed by atoms with Crippen molar-refractivity contribution >= 4 is 17.3 Å². The zero-order chi connectivity index (χ0) is 14.7. The van der Waals surface area contributed by atoms with Crippen molar-refractivity contribution in [3.8, 4) is 0 Å². The van der Waals surface area contributed by atoms with Gasteiger partial charge in [-0.1, -0.05) is 36.4 Å². The van der Waals surface area contributed by atoms with E-state index in [1.54, 1.807) is 6.20 Å². The molecule has 4 nitrogen and oxygen atoms in total. The summed E-state index contributed by atoms with van der Waals surface area (Å²) in [5.74, 6) is 0. The Morgan fingerprint density at radius 2 is 1.95 bits per heavy atom. The van der Waals surface area contributed by atoms with E-state index in [2.05, 4.69) is 33.4 Å². The first-order valence-electron chi connectivity index (χ1n) is 6.91. The van der Waals surface area contributed by atoms with Gasteiger partial charge in [-0.3, -0.25) is 4.98 Å². The van der Waals surface area contributed by atoms with Crippen molar-refractivity contribution in [1.82, 2.24) is 15.2 Å². The summed E-state index contributed by atoms with van der Waals surface area (Å²) in [6.07, 6.45) is 3.63. The van der Waals surface area contributed by atoms with Crippen molar-refractivity contribution < 1.29 is 5.11 Å². The second kappa shape index (κ2) is 5.79. The van der Waals surface area contributed by atoms with Gasteiger partial charge in [0.1, 0.15) is 5.54 Å². The van der Waals surface area contributed by atoms with Crippen LogP contribution in [-0.4, -0.2) is 39.8 Å². The summed E-state index contributed by atoms with van der Waals surface area (Å²) in [6, 6.07) is 14.2. The Balaban J connectivity index is 2.18. The van der Waals surface area contributed by atoms with E-state index in [0.29, 0.717) is 18.2 Å². The van der Waals surface area contributed by atoms with Gasteiger partial charge in [0, 0.05) is 31.0 Å². The molecular weight excluding hydrogens is 282 g/mol. The molecule has 5 heteroatoms. The normalized spacial score (nSPS) is 21.4. The highest BCUT2D eigenvalue weighted by atomic mass is 32.1. The van der Waals surface area contributed by atoms with E-state index in [4.69, 9.17) is 12.2 Å². The van der Waals surface area contributed by atoms with Gasteiger partial charge in [0.25, 0.3) is 0 Å². The fourth-order valence-electron chi connectivity index (χ4n) is 2.96. The standard InChI is InChI=1S/C16H17N3OS/c20-10-9-19-15(21)18-12-16(19,13-5-2-1-3-6-13)14-7-4-8-17-11-14/h1-8,11,20H,9-10,12H2,(H,18,21). The van der Waals surface area contributed by atoms with Crippen LogP contribution in [0.15, 0.2) is 54.9 Å². The fourth-order valence-corrected chi connectivity index (χ4v) is 3.28. The highest BCUT2D eigenvalue weighted by molar-refractivity contribution is 7.80. The number of aliphatic hydroxyl groups excluding tert-OH is 1. The highest BCUT2D eigenvalue weighted by Gasteiger charge is 2.46. The van der Waals surface area contributed by atoms with E-state index in [1.807, 2.05) is 30.5 Å². The Labute approximate surface area is 129 Å². The van der Waals surface area contributed by atoms with E-state index in [-0.39, 0.29) is 6.61 Å². The van der Waals surface area contributed by atoms with Gasteiger partial charge in [-0.05, 0) is 23.8 Å². The van der Waals surface area contributed by atoms with E-state index >= 15 is 0 Å². The molecule has 0 saturated carbocycles. The molecule has 2 aromatic rings. The first kappa shape index (κ1) is 14.0. The molecule has 1 aromatic carbocycles. The van der Waals surface area contributed by atoms with Crippen molar-refractivity contribution in [2.24, 2.45) is 0 Å². The Morgan fingerprint density at radius 1 is 1.19 bits per heavy atom. The molecule has 108 valence electrons. The Morgan fingerprint density at radius 3 is 2.62 bits per heavy atom. The van der Waals surface area contributed by atoms with Crippen LogP contribution in [0.1, 0.15) is 11.1 Å². The van der Waals surface area contributed by atoms with Gasteiger partial charge in [0.2, 0.25) is 0 Å². The fraction of sp³-hybridized carbons (Fsp3) is 0.250. The maximum absolute atomic E-state index is 9.43. The monoisotopic (exact) mass is 299 g/mol. The lowest BCUT2D eigenvalue weighted by Gasteiger charge is -2.38. The van der Waals surface area contributed by atoms with Crippen molar-refractivity contribution in [2.45, 2.75) is 5.54 Å². The predicted octanol–water partition coefficient (Wildman–Crippen LogP) is 1.51. The number of benzene rings is 1. The largest absolute Gasteiger partial charge is 0.395 e. The number of aromatic nitrogens is 1. The first-order chi connectivity index (χ1) is 10.3. The average Bonchev–Trinajstić information content (AvgIpc) is 2.88. The van der Waals surface area contributed by atoms with Crippen LogP contribution in [0.3, 0.4) is 0 Å². The zero-order valence-electron chi connectivity index (χ0n) is 11.6. The van der Waals surface area contributed by atoms with Crippen LogP contribution in [0.2, 0.25) is 0 Å². The zero-order valence-corrected chi connectivity index (χ0v) is 12.4. The smallest absolute Gasteiger partial charge is 0.170 e. The lowest BCUT2D eigenvalue weighted by Crippen LogP contribution is -2.46. The molecule has 2 heterocycles. The molecule has 1 aromatic heterocycles. The average molecular weight is 299 g/mol. The molecule has 2 N–H and O–H groups in total. The lowest BCUT2D eigenvalue weighted by atomic mass is 9.83. The SMILES string of the molecule is OCCN1C(=S)NCC1(c1ccccc1)c1cccnc1. The summed E-state index contributed by atoms with van der Waals surface area (Å²) >= 11 is 5.44. The second-order valence-corrected chi connectivity index (χ2v) is 5.39. The third-order valence-electron chi connectivity index (χ3n) is 3.92. The maximum atomic E-state index is 9.43. The van der Waals surface area contributed by atoms with Crippen LogP contribution in [-0.2, 0) is 5.54 Å². The number of hydrogen-bond acceptors (Lipinski definition) is 3. The summed E-state index contributed by atoms with van der Waals surface area (Å²) in [7, 11) is 0. The van der Waals surface area contributed by atoms with Crippen LogP contribution in [0.4, 0.5) is 0 Å². The number of thiocarbonyl (C=S) groups is 1. The van der Waals surface area contributed by atoms with Crippen molar-refractivity contribution in [2.75, 3.05) is 19.7 Å². The maximum Gasteiger partial charge on any atom is 0.170 e. The number of aliphatic hydroxyl groups is 1. The van der Waals surface area contributed by atoms with Gasteiger partial charge in [0.15, 0.2) is 5.11 Å². The van der Waals surface area contributed by atoms with Gasteiger partial charge in [-0.2, -0.15) is 0 Å². The summed E-state index contributed by atoms with van der Waals surface area (Å²) in [5, 5.41) is 13.4. The third kappa shape index (κ3) is 2.28. The minimum Gasteiger partial charge on any atom is -0.395 e. The van der Waals surface area contributed by atoms with E-state index in [0.717, 1.165) is 11.1 Å². The molecule has 0 radical (unpaired) electrons. The number of β-amino-alcohol motifs (C(OH)–C–C–N with tert-alkyl or cyclic N) is 1.